The number of benzene rings is 1. The standard InChI is InChI=1S/C15H23N3O3/c1-16-15-7-6-14(18(20)21)10-12(15)11-17-8-2-4-13(17)5-3-9-19/h6-7,10,13,16,19H,2-5,8-9,11H2,1H3. The molecule has 1 saturated heterocycles. The Kier molecular flexibility index (Phi) is 5.52. The van der Waals surface area contributed by atoms with Crippen molar-refractivity contribution in [3.63, 3.8) is 0 Å². The fourth-order valence-electron chi connectivity index (χ4n) is 3.04. The Hall–Kier alpha value is -1.66. The van der Waals surface area contributed by atoms with E-state index in [1.807, 2.05) is 7.05 Å². The molecule has 6 heteroatoms. The molecule has 0 amide bonds. The number of nitro benzene ring substituents is 1. The summed E-state index contributed by atoms with van der Waals surface area (Å²) in [5, 5.41) is 23.0. The van der Waals surface area contributed by atoms with Gasteiger partial charge < -0.3 is 10.4 Å². The van der Waals surface area contributed by atoms with Crippen molar-refractivity contribution in [2.75, 3.05) is 25.5 Å². The van der Waals surface area contributed by atoms with Gasteiger partial charge in [0.1, 0.15) is 0 Å². The van der Waals surface area contributed by atoms with Gasteiger partial charge in [-0.25, -0.2) is 0 Å². The maximum atomic E-state index is 10.9. The molecule has 0 radical (unpaired) electrons. The van der Waals surface area contributed by atoms with Crippen molar-refractivity contribution in [2.45, 2.75) is 38.3 Å². The van der Waals surface area contributed by atoms with Crippen LogP contribution in [0.5, 0.6) is 0 Å². The van der Waals surface area contributed by atoms with E-state index in [0.29, 0.717) is 12.6 Å². The topological polar surface area (TPSA) is 78.6 Å². The van der Waals surface area contributed by atoms with E-state index in [1.54, 1.807) is 12.1 Å². The zero-order valence-electron chi connectivity index (χ0n) is 12.4. The Balaban J connectivity index is 2.13. The largest absolute Gasteiger partial charge is 0.396 e. The second-order valence-corrected chi connectivity index (χ2v) is 5.48. The first-order chi connectivity index (χ1) is 10.2. The predicted molar refractivity (Wildman–Crippen MR) is 82.4 cm³/mol. The highest BCUT2D eigenvalue weighted by Crippen LogP contribution is 2.28. The fourth-order valence-corrected chi connectivity index (χ4v) is 3.04. The van der Waals surface area contributed by atoms with E-state index in [-0.39, 0.29) is 17.2 Å². The SMILES string of the molecule is CNc1ccc([N+](=O)[O-])cc1CN1CCCC1CCCO. The first-order valence-electron chi connectivity index (χ1n) is 7.45. The Morgan fingerprint density at radius 3 is 3.00 bits per heavy atom. The molecule has 1 aromatic rings. The van der Waals surface area contributed by atoms with Crippen molar-refractivity contribution in [3.05, 3.63) is 33.9 Å². The van der Waals surface area contributed by atoms with E-state index in [1.165, 1.54) is 6.07 Å². The fraction of sp³-hybridized carbons (Fsp3) is 0.600. The van der Waals surface area contributed by atoms with E-state index in [2.05, 4.69) is 10.2 Å². The summed E-state index contributed by atoms with van der Waals surface area (Å²) in [7, 11) is 1.83. The molecule has 6 nitrogen and oxygen atoms in total. The minimum atomic E-state index is -0.351. The van der Waals surface area contributed by atoms with Crippen LogP contribution >= 0.6 is 0 Å². The molecule has 21 heavy (non-hydrogen) atoms. The van der Waals surface area contributed by atoms with Crippen LogP contribution < -0.4 is 5.32 Å². The van der Waals surface area contributed by atoms with Crippen LogP contribution in [0.25, 0.3) is 0 Å². The van der Waals surface area contributed by atoms with Crippen LogP contribution in [0.4, 0.5) is 11.4 Å². The summed E-state index contributed by atoms with van der Waals surface area (Å²) in [6.45, 7) is 1.96. The third-order valence-corrected chi connectivity index (χ3v) is 4.14. The van der Waals surface area contributed by atoms with Gasteiger partial charge in [-0.05, 0) is 43.9 Å². The lowest BCUT2D eigenvalue weighted by atomic mass is 10.1. The van der Waals surface area contributed by atoms with Crippen molar-refractivity contribution < 1.29 is 10.0 Å². The van der Waals surface area contributed by atoms with Crippen LogP contribution in [0.3, 0.4) is 0 Å². The van der Waals surface area contributed by atoms with E-state index < -0.39 is 0 Å². The molecule has 0 bridgehead atoms. The highest BCUT2D eigenvalue weighted by atomic mass is 16.6. The predicted octanol–water partition coefficient (Wildman–Crippen LogP) is 2.37. The summed E-state index contributed by atoms with van der Waals surface area (Å²) >= 11 is 0. The third kappa shape index (κ3) is 3.92. The molecule has 1 unspecified atom stereocenters. The monoisotopic (exact) mass is 293 g/mol. The molecule has 1 heterocycles. The second-order valence-electron chi connectivity index (χ2n) is 5.48. The van der Waals surface area contributed by atoms with Crippen molar-refractivity contribution in [3.8, 4) is 0 Å². The maximum Gasteiger partial charge on any atom is 0.269 e. The van der Waals surface area contributed by atoms with Gasteiger partial charge in [-0.2, -0.15) is 0 Å². The zero-order chi connectivity index (χ0) is 15.2. The number of nitrogens with one attached hydrogen (secondary N) is 1. The van der Waals surface area contributed by atoms with Crippen molar-refractivity contribution in [1.82, 2.24) is 4.90 Å². The molecule has 2 rings (SSSR count). The van der Waals surface area contributed by atoms with Crippen molar-refractivity contribution >= 4 is 11.4 Å². The quantitative estimate of drug-likeness (QED) is 0.596. The molecule has 1 aromatic carbocycles. The smallest absolute Gasteiger partial charge is 0.269 e. The molecule has 0 saturated carbocycles. The number of hydrogen-bond donors (Lipinski definition) is 2. The molecule has 2 N–H and O–H groups in total. The van der Waals surface area contributed by atoms with Crippen LogP contribution in [0.1, 0.15) is 31.2 Å². The van der Waals surface area contributed by atoms with E-state index in [9.17, 15) is 10.1 Å². The lowest BCUT2D eigenvalue weighted by Crippen LogP contribution is -2.29. The first kappa shape index (κ1) is 15.7. The molecular weight excluding hydrogens is 270 g/mol. The normalized spacial score (nSPS) is 18.9. The van der Waals surface area contributed by atoms with Crippen molar-refractivity contribution in [1.29, 1.82) is 0 Å². The minimum Gasteiger partial charge on any atom is -0.396 e. The van der Waals surface area contributed by atoms with Gasteiger partial charge in [0.25, 0.3) is 5.69 Å². The lowest BCUT2D eigenvalue weighted by molar-refractivity contribution is -0.384. The zero-order valence-corrected chi connectivity index (χ0v) is 12.4. The lowest BCUT2D eigenvalue weighted by Gasteiger charge is -2.25. The van der Waals surface area contributed by atoms with Crippen LogP contribution in [-0.4, -0.2) is 41.2 Å². The number of hydrogen-bond acceptors (Lipinski definition) is 5. The summed E-state index contributed by atoms with van der Waals surface area (Å²) < 4.78 is 0. The molecule has 1 aliphatic rings. The van der Waals surface area contributed by atoms with Gasteiger partial charge >= 0.3 is 0 Å². The number of rotatable bonds is 7. The molecule has 0 spiro atoms. The summed E-state index contributed by atoms with van der Waals surface area (Å²) in [5.41, 5.74) is 2.03. The summed E-state index contributed by atoms with van der Waals surface area (Å²) in [5.74, 6) is 0. The molecule has 0 aromatic heterocycles. The van der Waals surface area contributed by atoms with Crippen LogP contribution in [0.2, 0.25) is 0 Å². The number of nitro groups is 1. The first-order valence-corrected chi connectivity index (χ1v) is 7.45. The van der Waals surface area contributed by atoms with E-state index in [0.717, 1.165) is 43.5 Å². The van der Waals surface area contributed by atoms with E-state index >= 15 is 0 Å². The summed E-state index contributed by atoms with van der Waals surface area (Å²) in [4.78, 5) is 13.0. The van der Waals surface area contributed by atoms with Crippen LogP contribution in [0, 0.1) is 10.1 Å². The van der Waals surface area contributed by atoms with Crippen molar-refractivity contribution in [2.24, 2.45) is 0 Å². The number of likely N-dealkylation sites (tertiary alicyclic amines) is 1. The summed E-state index contributed by atoms with van der Waals surface area (Å²) in [6, 6.07) is 5.43. The maximum absolute atomic E-state index is 10.9. The number of anilines is 1. The van der Waals surface area contributed by atoms with Gasteiger partial charge in [0.05, 0.1) is 4.92 Å². The molecular formula is C15H23N3O3. The van der Waals surface area contributed by atoms with Gasteiger partial charge in [0, 0.05) is 44.1 Å². The van der Waals surface area contributed by atoms with E-state index in [4.69, 9.17) is 5.11 Å². The third-order valence-electron chi connectivity index (χ3n) is 4.14. The van der Waals surface area contributed by atoms with Crippen LogP contribution in [-0.2, 0) is 6.54 Å². The Labute approximate surface area is 124 Å². The van der Waals surface area contributed by atoms with Gasteiger partial charge in [-0.15, -0.1) is 0 Å². The molecule has 1 atom stereocenters. The number of aliphatic hydroxyl groups is 1. The Bertz CT molecular complexity index is 493. The van der Waals surface area contributed by atoms with Gasteiger partial charge in [0.15, 0.2) is 0 Å². The Morgan fingerprint density at radius 1 is 1.52 bits per heavy atom. The summed E-state index contributed by atoms with van der Waals surface area (Å²) in [6.07, 6.45) is 4.10. The number of nitrogens with zero attached hydrogens (tertiary/aromatic N) is 2. The van der Waals surface area contributed by atoms with Gasteiger partial charge in [-0.3, -0.25) is 15.0 Å². The number of non-ortho nitro benzene ring substituents is 1. The average Bonchev–Trinajstić information content (AvgIpc) is 2.92. The molecule has 116 valence electrons. The molecule has 1 fully saturated rings. The Morgan fingerprint density at radius 2 is 2.33 bits per heavy atom. The van der Waals surface area contributed by atoms with Gasteiger partial charge in [-0.1, -0.05) is 0 Å². The highest BCUT2D eigenvalue weighted by Gasteiger charge is 2.25. The molecule has 0 aliphatic carbocycles. The highest BCUT2D eigenvalue weighted by molar-refractivity contribution is 5.55. The van der Waals surface area contributed by atoms with Crippen LogP contribution in [0.15, 0.2) is 18.2 Å². The molecule has 1 aliphatic heterocycles. The number of aliphatic hydroxyl groups excluding tert-OH is 1. The second kappa shape index (κ2) is 7.38. The van der Waals surface area contributed by atoms with Gasteiger partial charge in [0.2, 0.25) is 0 Å². The minimum absolute atomic E-state index is 0.134. The average molecular weight is 293 g/mol.